The molecule has 1 heterocycles. The Balaban J connectivity index is 0.000000686. The van der Waals surface area contributed by atoms with Crippen molar-refractivity contribution in [3.63, 3.8) is 0 Å². The number of nitrogens with zero attached hydrogens (tertiary/aromatic N) is 2. The summed E-state index contributed by atoms with van der Waals surface area (Å²) >= 11 is 0. The molecule has 0 atom stereocenters. The number of rotatable bonds is 1. The first-order valence-corrected chi connectivity index (χ1v) is 5.82. The van der Waals surface area contributed by atoms with E-state index in [1.165, 1.54) is 0 Å². The molecule has 2 rings (SSSR count). The number of hydrogen-bond donors (Lipinski definition) is 1. The molecule has 0 unspecified atom stereocenters. The molecule has 3 heteroatoms. The number of phenolic OH excluding ortho intramolecular Hbond substituents is 1. The summed E-state index contributed by atoms with van der Waals surface area (Å²) in [6, 6.07) is 3.61. The van der Waals surface area contributed by atoms with Crippen molar-refractivity contribution < 1.29 is 5.11 Å². The van der Waals surface area contributed by atoms with Gasteiger partial charge in [-0.3, -0.25) is 0 Å². The third-order valence-electron chi connectivity index (χ3n) is 2.68. The summed E-state index contributed by atoms with van der Waals surface area (Å²) in [4.78, 5) is 4.35. The predicted molar refractivity (Wildman–Crippen MR) is 73.2 cm³/mol. The van der Waals surface area contributed by atoms with Gasteiger partial charge < -0.3 is 9.67 Å². The summed E-state index contributed by atoms with van der Waals surface area (Å²) in [6.45, 7) is 11.7. The lowest BCUT2D eigenvalue weighted by molar-refractivity contribution is 0.474. The van der Waals surface area contributed by atoms with Crippen LogP contribution in [0, 0.1) is 6.92 Å². The fraction of sp³-hybridized carbons (Fsp3) is 0.357. The Morgan fingerprint density at radius 3 is 2.47 bits per heavy atom. The zero-order valence-electron chi connectivity index (χ0n) is 11.2. The molecule has 0 spiro atoms. The summed E-state index contributed by atoms with van der Waals surface area (Å²) < 4.78 is 2.00. The molecule has 2 aromatic rings. The maximum Gasteiger partial charge on any atom is 0.125 e. The van der Waals surface area contributed by atoms with Gasteiger partial charge in [0.1, 0.15) is 11.6 Å². The Bertz CT molecular complexity index is 553. The van der Waals surface area contributed by atoms with Gasteiger partial charge in [-0.05, 0) is 25.5 Å². The Kier molecular flexibility index (Phi) is 3.94. The zero-order chi connectivity index (χ0) is 13.2. The van der Waals surface area contributed by atoms with Crippen molar-refractivity contribution in [2.24, 2.45) is 7.05 Å². The molecular formula is C14H20N2O. The Morgan fingerprint density at radius 1 is 1.35 bits per heavy atom. The number of aryl methyl sites for hydroxylation is 2. The molecule has 1 N–H and O–H groups in total. The third kappa shape index (κ3) is 2.33. The van der Waals surface area contributed by atoms with E-state index in [1.54, 1.807) is 6.07 Å². The summed E-state index contributed by atoms with van der Waals surface area (Å²) in [7, 11) is 1.96. The van der Waals surface area contributed by atoms with E-state index in [0.29, 0.717) is 0 Å². The second kappa shape index (κ2) is 5.04. The van der Waals surface area contributed by atoms with Gasteiger partial charge in [0.25, 0.3) is 0 Å². The first-order chi connectivity index (χ1) is 8.00. The summed E-state index contributed by atoms with van der Waals surface area (Å²) in [5.41, 5.74) is 3.47. The van der Waals surface area contributed by atoms with E-state index in [2.05, 4.69) is 11.6 Å². The van der Waals surface area contributed by atoms with Gasteiger partial charge in [0.2, 0.25) is 0 Å². The van der Waals surface area contributed by atoms with Gasteiger partial charge in [-0.15, -0.1) is 0 Å². The van der Waals surface area contributed by atoms with Crippen LogP contribution in [0.2, 0.25) is 0 Å². The van der Waals surface area contributed by atoms with E-state index in [9.17, 15) is 5.11 Å². The van der Waals surface area contributed by atoms with Crippen molar-refractivity contribution in [3.8, 4) is 5.75 Å². The van der Waals surface area contributed by atoms with Crippen LogP contribution in [0.15, 0.2) is 18.7 Å². The zero-order valence-corrected chi connectivity index (χ0v) is 11.2. The highest BCUT2D eigenvalue weighted by Crippen LogP contribution is 2.29. The Hall–Kier alpha value is -1.77. The molecule has 0 fully saturated rings. The number of aromatic nitrogens is 2. The lowest BCUT2D eigenvalue weighted by Gasteiger charge is -2.04. The summed E-state index contributed by atoms with van der Waals surface area (Å²) in [6.07, 6.45) is 0. The molecule has 92 valence electrons. The number of hydrogen-bond acceptors (Lipinski definition) is 2. The molecule has 0 aliphatic carbocycles. The molecular weight excluding hydrogens is 212 g/mol. The molecule has 0 aliphatic heterocycles. The third-order valence-corrected chi connectivity index (χ3v) is 2.68. The molecule has 3 nitrogen and oxygen atoms in total. The van der Waals surface area contributed by atoms with Gasteiger partial charge in [0.15, 0.2) is 0 Å². The predicted octanol–water partition coefficient (Wildman–Crippen LogP) is 3.65. The quantitative estimate of drug-likeness (QED) is 0.815. The van der Waals surface area contributed by atoms with E-state index in [1.807, 2.05) is 45.4 Å². The number of allylic oxidation sites excluding steroid dienone is 1. The van der Waals surface area contributed by atoms with Crippen molar-refractivity contribution >= 4 is 16.6 Å². The number of imidazole rings is 1. The van der Waals surface area contributed by atoms with Gasteiger partial charge >= 0.3 is 0 Å². The van der Waals surface area contributed by atoms with E-state index in [0.717, 1.165) is 28.0 Å². The maximum atomic E-state index is 9.77. The fourth-order valence-electron chi connectivity index (χ4n) is 1.69. The van der Waals surface area contributed by atoms with Crippen molar-refractivity contribution in [1.82, 2.24) is 9.55 Å². The summed E-state index contributed by atoms with van der Waals surface area (Å²) in [5, 5.41) is 9.77. The molecule has 1 aromatic carbocycles. The Morgan fingerprint density at radius 2 is 1.94 bits per heavy atom. The van der Waals surface area contributed by atoms with Gasteiger partial charge in [-0.25, -0.2) is 4.98 Å². The number of benzene rings is 1. The van der Waals surface area contributed by atoms with Gasteiger partial charge in [0.05, 0.1) is 11.0 Å². The largest absolute Gasteiger partial charge is 0.507 e. The first-order valence-electron chi connectivity index (χ1n) is 5.82. The second-order valence-corrected chi connectivity index (χ2v) is 3.86. The van der Waals surface area contributed by atoms with Crippen LogP contribution in [0.5, 0.6) is 5.75 Å². The first kappa shape index (κ1) is 13.3. The van der Waals surface area contributed by atoms with E-state index >= 15 is 0 Å². The Labute approximate surface area is 102 Å². The van der Waals surface area contributed by atoms with Crippen LogP contribution in [-0.2, 0) is 7.05 Å². The van der Waals surface area contributed by atoms with Gasteiger partial charge in [-0.1, -0.05) is 20.4 Å². The highest BCUT2D eigenvalue weighted by atomic mass is 16.3. The fourth-order valence-corrected chi connectivity index (χ4v) is 1.69. The minimum Gasteiger partial charge on any atom is -0.507 e. The van der Waals surface area contributed by atoms with Gasteiger partial charge in [-0.2, -0.15) is 0 Å². The number of aromatic hydroxyl groups is 1. The number of fused-ring (bicyclic) bond motifs is 1. The standard InChI is InChI=1S/C12H14N2O.C2H6/c1-7(2)9-5-11-10(6-12(9)15)13-8(3)14(11)4;1-2/h5-6,15H,1H2,2-4H3;1-2H3. The second-order valence-electron chi connectivity index (χ2n) is 3.86. The molecule has 1 aromatic heterocycles. The normalized spacial score (nSPS) is 9.94. The molecule has 0 aliphatic rings. The molecule has 0 saturated carbocycles. The van der Waals surface area contributed by atoms with Crippen molar-refractivity contribution in [2.75, 3.05) is 0 Å². The SMILES string of the molecule is C=C(C)c1cc2c(cc1O)nc(C)n2C.CC. The minimum atomic E-state index is 0.244. The highest BCUT2D eigenvalue weighted by Gasteiger charge is 2.09. The molecule has 17 heavy (non-hydrogen) atoms. The topological polar surface area (TPSA) is 38.1 Å². The van der Waals surface area contributed by atoms with E-state index in [-0.39, 0.29) is 5.75 Å². The lowest BCUT2D eigenvalue weighted by Crippen LogP contribution is -1.90. The average molecular weight is 232 g/mol. The monoisotopic (exact) mass is 232 g/mol. The van der Waals surface area contributed by atoms with E-state index < -0.39 is 0 Å². The van der Waals surface area contributed by atoms with Crippen molar-refractivity contribution in [1.29, 1.82) is 0 Å². The van der Waals surface area contributed by atoms with Crippen LogP contribution < -0.4 is 0 Å². The molecule has 0 radical (unpaired) electrons. The van der Waals surface area contributed by atoms with Crippen LogP contribution in [0.1, 0.15) is 32.2 Å². The van der Waals surface area contributed by atoms with Crippen LogP contribution in [-0.4, -0.2) is 14.7 Å². The van der Waals surface area contributed by atoms with Crippen molar-refractivity contribution in [2.45, 2.75) is 27.7 Å². The van der Waals surface area contributed by atoms with Crippen LogP contribution in [0.4, 0.5) is 0 Å². The van der Waals surface area contributed by atoms with E-state index in [4.69, 9.17) is 0 Å². The maximum absolute atomic E-state index is 9.77. The van der Waals surface area contributed by atoms with Gasteiger partial charge in [0, 0.05) is 18.7 Å². The smallest absolute Gasteiger partial charge is 0.125 e. The van der Waals surface area contributed by atoms with Crippen LogP contribution in [0.3, 0.4) is 0 Å². The van der Waals surface area contributed by atoms with Crippen LogP contribution in [0.25, 0.3) is 16.6 Å². The number of phenols is 1. The molecule has 0 bridgehead atoms. The molecule has 0 amide bonds. The minimum absolute atomic E-state index is 0.244. The van der Waals surface area contributed by atoms with Crippen molar-refractivity contribution in [3.05, 3.63) is 30.1 Å². The summed E-state index contributed by atoms with van der Waals surface area (Å²) in [5.74, 6) is 1.18. The highest BCUT2D eigenvalue weighted by molar-refractivity contribution is 5.84. The molecule has 0 saturated heterocycles. The average Bonchev–Trinajstić information content (AvgIpc) is 2.56. The van der Waals surface area contributed by atoms with Crippen LogP contribution >= 0.6 is 0 Å². The lowest BCUT2D eigenvalue weighted by atomic mass is 10.1.